The molecule has 4 nitrogen and oxygen atoms in total. The highest BCUT2D eigenvalue weighted by Crippen LogP contribution is 2.43. The van der Waals surface area contributed by atoms with Crippen LogP contribution in [-0.4, -0.2) is 59.6 Å². The first-order chi connectivity index (χ1) is 7.05. The van der Waals surface area contributed by atoms with Gasteiger partial charge in [-0.1, -0.05) is 0 Å². The molecule has 0 amide bonds. The van der Waals surface area contributed by atoms with Crippen LogP contribution < -0.4 is 0 Å². The molecule has 1 heterocycles. The molecule has 1 saturated carbocycles. The molecule has 0 aromatic rings. The van der Waals surface area contributed by atoms with Crippen molar-refractivity contribution in [2.75, 3.05) is 33.2 Å². The Morgan fingerprint density at radius 1 is 1.27 bits per heavy atom. The molecule has 1 aliphatic carbocycles. The van der Waals surface area contributed by atoms with Gasteiger partial charge in [0, 0.05) is 26.2 Å². The fourth-order valence-corrected chi connectivity index (χ4v) is 2.48. The van der Waals surface area contributed by atoms with Crippen molar-refractivity contribution >= 4 is 5.97 Å². The number of hydrogen-bond acceptors (Lipinski definition) is 3. The largest absolute Gasteiger partial charge is 0.480 e. The maximum atomic E-state index is 11.4. The van der Waals surface area contributed by atoms with Gasteiger partial charge in [-0.05, 0) is 32.7 Å². The molecule has 0 bridgehead atoms. The van der Waals surface area contributed by atoms with Gasteiger partial charge in [0.2, 0.25) is 0 Å². The minimum atomic E-state index is -0.644. The van der Waals surface area contributed by atoms with Crippen LogP contribution in [0.5, 0.6) is 0 Å². The molecular weight excluding hydrogens is 192 g/mol. The summed E-state index contributed by atoms with van der Waals surface area (Å²) in [6, 6.07) is 0. The number of nitrogens with zero attached hydrogens (tertiary/aromatic N) is 2. The lowest BCUT2D eigenvalue weighted by Crippen LogP contribution is -2.60. The molecule has 0 radical (unpaired) electrons. The Morgan fingerprint density at radius 2 is 1.80 bits per heavy atom. The average Bonchev–Trinajstić information content (AvgIpc) is 3.00. The third-order valence-electron chi connectivity index (χ3n) is 3.97. The van der Waals surface area contributed by atoms with E-state index in [-0.39, 0.29) is 0 Å². The summed E-state index contributed by atoms with van der Waals surface area (Å²) < 4.78 is 0. The van der Waals surface area contributed by atoms with Crippen molar-refractivity contribution in [2.45, 2.75) is 25.3 Å². The van der Waals surface area contributed by atoms with E-state index >= 15 is 0 Å². The number of aliphatic carboxylic acids is 1. The highest BCUT2D eigenvalue weighted by Gasteiger charge is 2.51. The molecule has 1 unspecified atom stereocenters. The Bertz CT molecular complexity index is 257. The Hall–Kier alpha value is -0.610. The lowest BCUT2D eigenvalue weighted by atomic mass is 9.92. The van der Waals surface area contributed by atoms with Crippen LogP contribution in [0.2, 0.25) is 0 Å². The number of hydrogen-bond donors (Lipinski definition) is 1. The fourth-order valence-electron chi connectivity index (χ4n) is 2.48. The van der Waals surface area contributed by atoms with Crippen molar-refractivity contribution < 1.29 is 9.90 Å². The molecule has 2 rings (SSSR count). The SMILES string of the molecule is CN1CCN(C(C)(C(=O)O)C2CC2)CC1. The van der Waals surface area contributed by atoms with Crippen LogP contribution in [0.3, 0.4) is 0 Å². The van der Waals surface area contributed by atoms with Crippen molar-refractivity contribution in [3.8, 4) is 0 Å². The van der Waals surface area contributed by atoms with Gasteiger partial charge < -0.3 is 10.0 Å². The van der Waals surface area contributed by atoms with Gasteiger partial charge in [0.05, 0.1) is 0 Å². The van der Waals surface area contributed by atoms with E-state index in [9.17, 15) is 9.90 Å². The monoisotopic (exact) mass is 212 g/mol. The molecule has 1 N–H and O–H groups in total. The predicted octanol–water partition coefficient (Wildman–Crippen LogP) is 0.487. The number of carboxylic acid groups (broad SMARTS) is 1. The number of piperazine rings is 1. The molecule has 2 aliphatic rings. The number of rotatable bonds is 3. The van der Waals surface area contributed by atoms with Gasteiger partial charge in [0.15, 0.2) is 0 Å². The van der Waals surface area contributed by atoms with Crippen molar-refractivity contribution in [3.05, 3.63) is 0 Å². The maximum absolute atomic E-state index is 11.4. The molecule has 0 spiro atoms. The predicted molar refractivity (Wildman–Crippen MR) is 57.8 cm³/mol. The third kappa shape index (κ3) is 1.88. The lowest BCUT2D eigenvalue weighted by molar-refractivity contribution is -0.153. The van der Waals surface area contributed by atoms with Crippen LogP contribution in [0.25, 0.3) is 0 Å². The van der Waals surface area contributed by atoms with E-state index in [2.05, 4.69) is 16.8 Å². The molecule has 0 aromatic carbocycles. The van der Waals surface area contributed by atoms with Crippen molar-refractivity contribution in [1.29, 1.82) is 0 Å². The van der Waals surface area contributed by atoms with E-state index in [0.717, 1.165) is 39.0 Å². The molecule has 1 atom stereocenters. The Kier molecular flexibility index (Phi) is 2.73. The van der Waals surface area contributed by atoms with E-state index in [0.29, 0.717) is 5.92 Å². The normalized spacial score (nSPS) is 28.7. The second-order valence-electron chi connectivity index (χ2n) is 5.02. The minimum absolute atomic E-state index is 0.374. The molecular formula is C11H20N2O2. The first-order valence-electron chi connectivity index (χ1n) is 5.72. The van der Waals surface area contributed by atoms with Gasteiger partial charge >= 0.3 is 5.97 Å². The summed E-state index contributed by atoms with van der Waals surface area (Å²) in [5.41, 5.74) is -0.610. The van der Waals surface area contributed by atoms with Crippen molar-refractivity contribution in [3.63, 3.8) is 0 Å². The van der Waals surface area contributed by atoms with Crippen LogP contribution >= 0.6 is 0 Å². The van der Waals surface area contributed by atoms with Gasteiger partial charge in [-0.25, -0.2) is 0 Å². The number of carbonyl (C=O) groups is 1. The lowest BCUT2D eigenvalue weighted by Gasteiger charge is -2.42. The summed E-state index contributed by atoms with van der Waals surface area (Å²) in [7, 11) is 2.09. The van der Waals surface area contributed by atoms with Gasteiger partial charge in [0.25, 0.3) is 0 Å². The first-order valence-corrected chi connectivity index (χ1v) is 5.72. The summed E-state index contributed by atoms with van der Waals surface area (Å²) in [5, 5.41) is 9.41. The van der Waals surface area contributed by atoms with Gasteiger partial charge in [0.1, 0.15) is 5.54 Å². The molecule has 86 valence electrons. The number of carboxylic acids is 1. The zero-order valence-electron chi connectivity index (χ0n) is 9.57. The van der Waals surface area contributed by atoms with Crippen LogP contribution in [0, 0.1) is 5.92 Å². The Labute approximate surface area is 90.9 Å². The minimum Gasteiger partial charge on any atom is -0.480 e. The van der Waals surface area contributed by atoms with Crippen LogP contribution in [0.1, 0.15) is 19.8 Å². The van der Waals surface area contributed by atoms with Crippen molar-refractivity contribution in [1.82, 2.24) is 9.80 Å². The zero-order chi connectivity index (χ0) is 11.1. The fraction of sp³-hybridized carbons (Fsp3) is 0.909. The first kappa shape index (κ1) is 10.9. The zero-order valence-corrected chi connectivity index (χ0v) is 9.57. The van der Waals surface area contributed by atoms with Crippen LogP contribution in [0.15, 0.2) is 0 Å². The van der Waals surface area contributed by atoms with E-state index < -0.39 is 11.5 Å². The van der Waals surface area contributed by atoms with E-state index in [1.54, 1.807) is 0 Å². The smallest absolute Gasteiger partial charge is 0.324 e. The van der Waals surface area contributed by atoms with Crippen molar-refractivity contribution in [2.24, 2.45) is 5.92 Å². The molecule has 2 fully saturated rings. The third-order valence-corrected chi connectivity index (χ3v) is 3.97. The Morgan fingerprint density at radius 3 is 2.20 bits per heavy atom. The summed E-state index contributed by atoms with van der Waals surface area (Å²) in [5.74, 6) is -0.270. The van der Waals surface area contributed by atoms with E-state index in [1.807, 2.05) is 6.92 Å². The molecule has 0 aromatic heterocycles. The Balaban J connectivity index is 2.08. The summed E-state index contributed by atoms with van der Waals surface area (Å²) >= 11 is 0. The quantitative estimate of drug-likeness (QED) is 0.739. The average molecular weight is 212 g/mol. The molecule has 1 aliphatic heterocycles. The maximum Gasteiger partial charge on any atom is 0.324 e. The highest BCUT2D eigenvalue weighted by atomic mass is 16.4. The molecule has 15 heavy (non-hydrogen) atoms. The van der Waals surface area contributed by atoms with E-state index in [4.69, 9.17) is 0 Å². The summed E-state index contributed by atoms with van der Waals surface area (Å²) in [6.45, 7) is 5.63. The van der Waals surface area contributed by atoms with Gasteiger partial charge in [-0.2, -0.15) is 0 Å². The highest BCUT2D eigenvalue weighted by molar-refractivity contribution is 5.79. The standard InChI is InChI=1S/C11H20N2O2/c1-11(10(14)15,9-3-4-9)13-7-5-12(2)6-8-13/h9H,3-8H2,1-2H3,(H,14,15). The topological polar surface area (TPSA) is 43.8 Å². The summed E-state index contributed by atoms with van der Waals surface area (Å²) in [4.78, 5) is 15.8. The van der Waals surface area contributed by atoms with Gasteiger partial charge in [-0.3, -0.25) is 9.69 Å². The number of likely N-dealkylation sites (N-methyl/N-ethyl adjacent to an activating group) is 1. The molecule has 4 heteroatoms. The van der Waals surface area contributed by atoms with Crippen LogP contribution in [0.4, 0.5) is 0 Å². The van der Waals surface area contributed by atoms with Gasteiger partial charge in [-0.15, -0.1) is 0 Å². The molecule has 1 saturated heterocycles. The summed E-state index contributed by atoms with van der Waals surface area (Å²) in [6.07, 6.45) is 2.16. The van der Waals surface area contributed by atoms with Crippen LogP contribution in [-0.2, 0) is 4.79 Å². The second-order valence-corrected chi connectivity index (χ2v) is 5.02. The van der Waals surface area contributed by atoms with E-state index in [1.165, 1.54) is 0 Å². The second kappa shape index (κ2) is 3.76.